The molecule has 0 bridgehead atoms. The van der Waals surface area contributed by atoms with Crippen molar-refractivity contribution in [3.05, 3.63) is 320 Å². The Bertz CT molecular complexity index is 4370. The van der Waals surface area contributed by atoms with E-state index in [0.29, 0.717) is 0 Å². The summed E-state index contributed by atoms with van der Waals surface area (Å²) < 4.78 is 4.93. The quantitative estimate of drug-likeness (QED) is 0.166. The average molecular weight is 1060 g/mol. The van der Waals surface area contributed by atoms with Crippen LogP contribution >= 0.6 is 22.7 Å². The highest BCUT2D eigenvalue weighted by atomic mass is 32.1. The molecule has 4 aromatic heterocycles. The zero-order chi connectivity index (χ0) is 53.3. The van der Waals surface area contributed by atoms with Crippen LogP contribution in [0.15, 0.2) is 255 Å². The summed E-state index contributed by atoms with van der Waals surface area (Å²) in [5.74, 6) is 0. The fourth-order valence-electron chi connectivity index (χ4n) is 15.5. The number of aromatic nitrogens is 2. The van der Waals surface area contributed by atoms with Crippen LogP contribution in [-0.4, -0.2) is 9.13 Å². The van der Waals surface area contributed by atoms with Gasteiger partial charge in [0.15, 0.2) is 0 Å². The minimum absolute atomic E-state index is 0.256. The Morgan fingerprint density at radius 1 is 0.263 bits per heavy atom. The summed E-state index contributed by atoms with van der Waals surface area (Å²) in [6.45, 7) is 9.77. The summed E-state index contributed by atoms with van der Waals surface area (Å²) in [5.41, 5.74) is 21.5. The summed E-state index contributed by atoms with van der Waals surface area (Å²) >= 11 is 4.03. The lowest BCUT2D eigenvalue weighted by Gasteiger charge is -2.55. The number of hydrogen-bond donors (Lipinski definition) is 0. The van der Waals surface area contributed by atoms with E-state index in [1.54, 1.807) is 0 Å². The summed E-state index contributed by atoms with van der Waals surface area (Å²) in [4.78, 5) is 5.33. The van der Waals surface area contributed by atoms with Gasteiger partial charge in [-0.3, -0.25) is 0 Å². The number of benzene rings is 10. The van der Waals surface area contributed by atoms with Gasteiger partial charge in [0.1, 0.15) is 0 Å². The van der Waals surface area contributed by atoms with E-state index in [4.69, 9.17) is 0 Å². The predicted molar refractivity (Wildman–Crippen MR) is 336 cm³/mol. The molecule has 2 nitrogen and oxygen atoms in total. The first-order valence-corrected chi connectivity index (χ1v) is 29.7. The molecule has 0 aliphatic heterocycles. The minimum Gasteiger partial charge on any atom is -0.309 e. The molecule has 0 amide bonds. The van der Waals surface area contributed by atoms with Crippen LogP contribution in [-0.2, 0) is 21.7 Å². The van der Waals surface area contributed by atoms with Crippen LogP contribution < -0.4 is 0 Å². The van der Waals surface area contributed by atoms with Crippen LogP contribution in [0.25, 0.3) is 75.9 Å². The smallest absolute Gasteiger partial charge is 0.0815 e. The van der Waals surface area contributed by atoms with E-state index in [2.05, 4.69) is 292 Å². The highest BCUT2D eigenvalue weighted by molar-refractivity contribution is 7.17. The molecule has 0 atom stereocenters. The highest BCUT2D eigenvalue weighted by Crippen LogP contribution is 2.70. The van der Waals surface area contributed by atoms with Gasteiger partial charge < -0.3 is 9.13 Å². The van der Waals surface area contributed by atoms with Gasteiger partial charge in [-0.2, -0.15) is 0 Å². The van der Waals surface area contributed by atoms with E-state index in [9.17, 15) is 0 Å². The first kappa shape index (κ1) is 46.1. The Balaban J connectivity index is 1.00. The van der Waals surface area contributed by atoms with Crippen molar-refractivity contribution in [2.24, 2.45) is 0 Å². The molecule has 0 radical (unpaired) electrons. The molecule has 80 heavy (non-hydrogen) atoms. The fraction of sp³-hybridized carbons (Fsp3) is 0.105. The van der Waals surface area contributed by atoms with E-state index < -0.39 is 10.8 Å². The van der Waals surface area contributed by atoms with Crippen LogP contribution in [0.4, 0.5) is 0 Å². The van der Waals surface area contributed by atoms with Crippen molar-refractivity contribution in [1.82, 2.24) is 9.13 Å². The zero-order valence-corrected chi connectivity index (χ0v) is 46.6. The number of nitrogens with zero attached hydrogens (tertiary/aromatic N) is 2. The molecule has 0 unspecified atom stereocenters. The molecule has 4 heterocycles. The van der Waals surface area contributed by atoms with E-state index in [0.717, 1.165) is 11.4 Å². The Labute approximate surface area is 474 Å². The molecule has 2 spiro atoms. The van der Waals surface area contributed by atoms with Crippen LogP contribution in [0.1, 0.15) is 93.1 Å². The van der Waals surface area contributed by atoms with Crippen LogP contribution in [0, 0.1) is 0 Å². The third kappa shape index (κ3) is 5.82. The molecule has 3 aliphatic rings. The first-order valence-electron chi connectivity index (χ1n) is 28.1. The number of rotatable bonds is 4. The van der Waals surface area contributed by atoms with Gasteiger partial charge in [-0.1, -0.05) is 222 Å². The van der Waals surface area contributed by atoms with Crippen LogP contribution in [0.3, 0.4) is 0 Å². The topological polar surface area (TPSA) is 9.86 Å². The van der Waals surface area contributed by atoms with Crippen molar-refractivity contribution < 1.29 is 0 Å². The number of fused-ring (bicyclic) bond motifs is 20. The second-order valence-electron chi connectivity index (χ2n) is 23.5. The molecule has 3 aliphatic carbocycles. The molecule has 0 saturated heterocycles. The van der Waals surface area contributed by atoms with Crippen molar-refractivity contribution in [2.45, 2.75) is 49.4 Å². The summed E-state index contributed by atoms with van der Waals surface area (Å²) in [6, 6.07) is 97.4. The maximum absolute atomic E-state index is 2.65. The van der Waals surface area contributed by atoms with E-state index in [-0.39, 0.29) is 10.8 Å². The van der Waals surface area contributed by atoms with Crippen LogP contribution in [0.5, 0.6) is 0 Å². The van der Waals surface area contributed by atoms with Crippen molar-refractivity contribution in [3.8, 4) is 32.3 Å². The Kier molecular flexibility index (Phi) is 9.46. The third-order valence-corrected chi connectivity index (χ3v) is 21.5. The van der Waals surface area contributed by atoms with Gasteiger partial charge in [-0.05, 0) is 127 Å². The molecule has 14 aromatic rings. The Hall–Kier alpha value is -8.80. The molecule has 4 heteroatoms. The SMILES string of the molecule is CC1(C)c2ccccc2C2(c3ccccc31)c1cc(-c3cccc(-n4c5ccccc5c5ccccc54)c3)sc1C1(c3ccccc3C(C)(C)c3ccccc31)c1cc(-c3cccc(-n4c5ccccc5c5ccccc54)c3)sc12. The van der Waals surface area contributed by atoms with Gasteiger partial charge in [0.2, 0.25) is 0 Å². The molecule has 0 saturated carbocycles. The van der Waals surface area contributed by atoms with Crippen molar-refractivity contribution >= 4 is 66.3 Å². The standard InChI is InChI=1S/C76H54N2S2/c1-73(2)55-31-9-13-35-59(55)75(60-36-14-10-32-56(60)73)63-45-69(47-23-21-25-49(43-47)77-65-39-17-5-27-51(65)52-28-6-18-40-66(52)77)80-72(63)76(61-37-15-11-33-57(61)74(3,4)58-34-12-16-38-62(58)76)64-46-70(79-71(64)75)48-24-22-26-50(44-48)78-67-41-19-7-29-53(67)54-30-8-20-42-68(54)78/h5-46H,1-4H3. The second kappa shape index (κ2) is 16.4. The lowest BCUT2D eigenvalue weighted by Crippen LogP contribution is -2.50. The van der Waals surface area contributed by atoms with Crippen LogP contribution in [0.2, 0.25) is 0 Å². The maximum Gasteiger partial charge on any atom is 0.0815 e. The van der Waals surface area contributed by atoms with E-state index in [1.165, 1.54) is 130 Å². The zero-order valence-electron chi connectivity index (χ0n) is 45.0. The average Bonchev–Trinajstić information content (AvgIpc) is 2.31. The molecular formula is C76H54N2S2. The largest absolute Gasteiger partial charge is 0.309 e. The molecule has 380 valence electrons. The normalized spacial score (nSPS) is 15.7. The van der Waals surface area contributed by atoms with Gasteiger partial charge in [-0.15, -0.1) is 22.7 Å². The lowest BCUT2D eigenvalue weighted by molar-refractivity contribution is 0.522. The Morgan fingerprint density at radius 3 is 0.850 bits per heavy atom. The number of thiophene rings is 2. The monoisotopic (exact) mass is 1060 g/mol. The summed E-state index contributed by atoms with van der Waals surface area (Å²) in [7, 11) is 0. The van der Waals surface area contributed by atoms with E-state index in [1.807, 2.05) is 22.7 Å². The third-order valence-electron chi connectivity index (χ3n) is 18.9. The lowest BCUT2D eigenvalue weighted by atomic mass is 9.48. The highest BCUT2D eigenvalue weighted by Gasteiger charge is 2.62. The minimum atomic E-state index is -0.665. The van der Waals surface area contributed by atoms with E-state index >= 15 is 0 Å². The van der Waals surface area contributed by atoms with Gasteiger partial charge in [-0.25, -0.2) is 0 Å². The molecule has 17 rings (SSSR count). The summed E-state index contributed by atoms with van der Waals surface area (Å²) in [6.07, 6.45) is 0. The number of para-hydroxylation sites is 4. The van der Waals surface area contributed by atoms with Crippen molar-refractivity contribution in [1.29, 1.82) is 0 Å². The predicted octanol–water partition coefficient (Wildman–Crippen LogP) is 19.7. The van der Waals surface area contributed by atoms with Gasteiger partial charge in [0.05, 0.1) is 32.9 Å². The molecule has 0 fully saturated rings. The first-order chi connectivity index (χ1) is 39.2. The van der Waals surface area contributed by atoms with Gasteiger partial charge in [0.25, 0.3) is 0 Å². The number of hydrogen-bond acceptors (Lipinski definition) is 2. The molecule has 10 aromatic carbocycles. The van der Waals surface area contributed by atoms with Gasteiger partial charge in [0, 0.05) is 63.3 Å². The molecular weight excluding hydrogens is 1000 g/mol. The maximum atomic E-state index is 2.65. The second-order valence-corrected chi connectivity index (χ2v) is 25.6. The molecule has 0 N–H and O–H groups in total. The Morgan fingerprint density at radius 2 is 0.537 bits per heavy atom. The van der Waals surface area contributed by atoms with Crippen molar-refractivity contribution in [3.63, 3.8) is 0 Å². The van der Waals surface area contributed by atoms with Gasteiger partial charge >= 0.3 is 0 Å². The van der Waals surface area contributed by atoms with Crippen molar-refractivity contribution in [2.75, 3.05) is 0 Å². The fourth-order valence-corrected chi connectivity index (χ4v) is 18.4. The summed E-state index contributed by atoms with van der Waals surface area (Å²) in [5, 5.41) is 5.07.